The number of halogens is 1. The summed E-state index contributed by atoms with van der Waals surface area (Å²) in [6, 6.07) is 10.3. The average molecular weight is 423 g/mol. The van der Waals surface area contributed by atoms with Crippen molar-refractivity contribution < 1.29 is 22.2 Å². The molecular formula is C19H19ClN2O5S. The van der Waals surface area contributed by atoms with Crippen LogP contribution in [0.5, 0.6) is 0 Å². The smallest absolute Gasteiger partial charge is 0.340 e. The van der Waals surface area contributed by atoms with Gasteiger partial charge in [-0.2, -0.15) is 8.42 Å². The van der Waals surface area contributed by atoms with E-state index in [4.69, 9.17) is 15.8 Å². The molecule has 2 aromatic carbocycles. The van der Waals surface area contributed by atoms with E-state index < -0.39 is 28.0 Å². The van der Waals surface area contributed by atoms with Crippen LogP contribution >= 0.6 is 11.6 Å². The van der Waals surface area contributed by atoms with E-state index in [-0.39, 0.29) is 15.6 Å². The van der Waals surface area contributed by atoms with Crippen molar-refractivity contribution >= 4 is 39.3 Å². The third-order valence-corrected chi connectivity index (χ3v) is 6.02. The molecule has 148 valence electrons. The van der Waals surface area contributed by atoms with Crippen LogP contribution in [0.15, 0.2) is 47.4 Å². The fourth-order valence-corrected chi connectivity index (χ4v) is 4.14. The van der Waals surface area contributed by atoms with E-state index in [0.29, 0.717) is 24.1 Å². The largest absolute Gasteiger partial charge is 0.343 e. The van der Waals surface area contributed by atoms with Crippen molar-refractivity contribution in [2.75, 3.05) is 11.9 Å². The van der Waals surface area contributed by atoms with Gasteiger partial charge in [0.25, 0.3) is 5.91 Å². The van der Waals surface area contributed by atoms with Crippen LogP contribution in [0.4, 0.5) is 5.69 Å². The zero-order valence-electron chi connectivity index (χ0n) is 15.1. The van der Waals surface area contributed by atoms with Crippen LogP contribution in [0, 0.1) is 6.92 Å². The van der Waals surface area contributed by atoms with Crippen molar-refractivity contribution in [2.24, 2.45) is 0 Å². The predicted molar refractivity (Wildman–Crippen MR) is 105 cm³/mol. The van der Waals surface area contributed by atoms with Crippen molar-refractivity contribution in [2.45, 2.75) is 30.7 Å². The van der Waals surface area contributed by atoms with E-state index in [1.165, 1.54) is 12.1 Å². The highest BCUT2D eigenvalue weighted by Crippen LogP contribution is 2.30. The van der Waals surface area contributed by atoms with Gasteiger partial charge in [-0.1, -0.05) is 29.8 Å². The molecule has 9 heteroatoms. The lowest BCUT2D eigenvalue weighted by molar-refractivity contribution is -0.135. The molecule has 2 aromatic rings. The summed E-state index contributed by atoms with van der Waals surface area (Å²) in [5, 5.41) is 5.62. The lowest BCUT2D eigenvalue weighted by Crippen LogP contribution is -2.34. The first-order valence-electron chi connectivity index (χ1n) is 8.66. The molecule has 7 nitrogen and oxygen atoms in total. The van der Waals surface area contributed by atoms with E-state index in [2.05, 4.69) is 10.6 Å². The van der Waals surface area contributed by atoms with Gasteiger partial charge in [0, 0.05) is 10.6 Å². The number of benzene rings is 2. The first-order chi connectivity index (χ1) is 13.3. The number of hydrogen-bond acceptors (Lipinski definition) is 6. The maximum Gasteiger partial charge on any atom is 0.343 e. The highest BCUT2D eigenvalue weighted by atomic mass is 35.5. The van der Waals surface area contributed by atoms with Crippen LogP contribution in [0.25, 0.3) is 0 Å². The van der Waals surface area contributed by atoms with Crippen molar-refractivity contribution in [3.05, 3.63) is 58.6 Å². The standard InChI is InChI=1S/C19H19ClN2O5S/c1-12-10-16(22-18(23)13-6-3-2-4-7-13)17(11-14(12)20)28(25,26)27-19(24)15-8-5-9-21-15/h2-4,6-7,10-11,15,21H,5,8-9H2,1H3,(H,22,23)/t15-/m0/s1. The molecule has 0 saturated carbocycles. The Bertz CT molecular complexity index is 1000. The van der Waals surface area contributed by atoms with Crippen LogP contribution < -0.4 is 10.6 Å². The summed E-state index contributed by atoms with van der Waals surface area (Å²) in [5.74, 6) is -1.38. The van der Waals surface area contributed by atoms with Gasteiger partial charge in [-0.15, -0.1) is 0 Å². The fourth-order valence-electron chi connectivity index (χ4n) is 2.85. The zero-order chi connectivity index (χ0) is 20.3. The molecule has 2 N–H and O–H groups in total. The molecule has 0 bridgehead atoms. The van der Waals surface area contributed by atoms with Crippen molar-refractivity contribution in [1.29, 1.82) is 0 Å². The highest BCUT2D eigenvalue weighted by Gasteiger charge is 2.31. The van der Waals surface area contributed by atoms with Crippen LogP contribution in [-0.4, -0.2) is 32.9 Å². The van der Waals surface area contributed by atoms with E-state index >= 15 is 0 Å². The van der Waals surface area contributed by atoms with E-state index in [9.17, 15) is 18.0 Å². The van der Waals surface area contributed by atoms with Gasteiger partial charge >= 0.3 is 16.1 Å². The van der Waals surface area contributed by atoms with Gasteiger partial charge in [0.2, 0.25) is 0 Å². The third kappa shape index (κ3) is 4.52. The number of rotatable bonds is 5. The minimum absolute atomic E-state index is 0.0112. The number of nitrogens with one attached hydrogen (secondary N) is 2. The monoisotopic (exact) mass is 422 g/mol. The number of amides is 1. The van der Waals surface area contributed by atoms with E-state index in [1.807, 2.05) is 0 Å². The van der Waals surface area contributed by atoms with E-state index in [0.717, 1.165) is 6.42 Å². The molecule has 1 heterocycles. The van der Waals surface area contributed by atoms with Crippen molar-refractivity contribution in [3.8, 4) is 0 Å². The molecule has 1 aliphatic rings. The summed E-state index contributed by atoms with van der Waals surface area (Å²) in [4.78, 5) is 24.2. The molecule has 1 aliphatic heterocycles. The van der Waals surface area contributed by atoms with Gasteiger partial charge < -0.3 is 14.8 Å². The van der Waals surface area contributed by atoms with Gasteiger partial charge in [0.1, 0.15) is 10.9 Å². The summed E-state index contributed by atoms with van der Waals surface area (Å²) in [6.07, 6.45) is 1.26. The molecule has 3 rings (SSSR count). The molecule has 0 spiro atoms. The third-order valence-electron chi connectivity index (χ3n) is 4.35. The Morgan fingerprint density at radius 3 is 2.57 bits per heavy atom. The van der Waals surface area contributed by atoms with Gasteiger partial charge in [-0.05, 0) is 56.1 Å². The Morgan fingerprint density at radius 1 is 1.21 bits per heavy atom. The van der Waals surface area contributed by atoms with Crippen molar-refractivity contribution in [3.63, 3.8) is 0 Å². The summed E-state index contributed by atoms with van der Waals surface area (Å²) < 4.78 is 30.2. The molecule has 1 atom stereocenters. The Kier molecular flexibility index (Phi) is 6.02. The summed E-state index contributed by atoms with van der Waals surface area (Å²) in [6.45, 7) is 2.29. The average Bonchev–Trinajstić information content (AvgIpc) is 3.19. The van der Waals surface area contributed by atoms with Crippen LogP contribution in [0.3, 0.4) is 0 Å². The topological polar surface area (TPSA) is 102 Å². The maximum atomic E-state index is 12.7. The molecule has 0 aromatic heterocycles. The number of aryl methyl sites for hydroxylation is 1. The van der Waals surface area contributed by atoms with Crippen LogP contribution in [0.2, 0.25) is 5.02 Å². The van der Waals surface area contributed by atoms with Crippen LogP contribution in [0.1, 0.15) is 28.8 Å². The molecule has 1 fully saturated rings. The summed E-state index contributed by atoms with van der Waals surface area (Å²) in [5.41, 5.74) is 0.904. The Hall–Kier alpha value is -2.42. The molecule has 0 aliphatic carbocycles. The Balaban J connectivity index is 1.92. The first kappa shape index (κ1) is 20.3. The molecule has 1 saturated heterocycles. The molecule has 28 heavy (non-hydrogen) atoms. The summed E-state index contributed by atoms with van der Waals surface area (Å²) >= 11 is 6.08. The lowest BCUT2D eigenvalue weighted by Gasteiger charge is -2.15. The second-order valence-electron chi connectivity index (χ2n) is 6.42. The molecule has 0 unspecified atom stereocenters. The predicted octanol–water partition coefficient (Wildman–Crippen LogP) is 2.88. The minimum atomic E-state index is -4.48. The Morgan fingerprint density at radius 2 is 1.93 bits per heavy atom. The number of carbonyl (C=O) groups is 2. The second-order valence-corrected chi connectivity index (χ2v) is 8.35. The van der Waals surface area contributed by atoms with Gasteiger partial charge in [0.05, 0.1) is 5.69 Å². The zero-order valence-corrected chi connectivity index (χ0v) is 16.6. The van der Waals surface area contributed by atoms with Gasteiger partial charge in [0.15, 0.2) is 0 Å². The summed E-state index contributed by atoms with van der Waals surface area (Å²) in [7, 11) is -4.48. The SMILES string of the molecule is Cc1cc(NC(=O)c2ccccc2)c(S(=O)(=O)OC(=O)[C@@H]2CCCN2)cc1Cl. The number of hydrogen-bond donors (Lipinski definition) is 2. The number of carbonyl (C=O) groups excluding carboxylic acids is 2. The quantitative estimate of drug-likeness (QED) is 0.718. The van der Waals surface area contributed by atoms with Gasteiger partial charge in [-0.25, -0.2) is 4.79 Å². The second kappa shape index (κ2) is 8.30. The maximum absolute atomic E-state index is 12.7. The fraction of sp³-hybridized carbons (Fsp3) is 0.263. The Labute approximate surface area is 168 Å². The highest BCUT2D eigenvalue weighted by molar-refractivity contribution is 7.87. The van der Waals surface area contributed by atoms with Crippen molar-refractivity contribution in [1.82, 2.24) is 5.32 Å². The minimum Gasteiger partial charge on any atom is -0.340 e. The molecular weight excluding hydrogens is 404 g/mol. The van der Waals surface area contributed by atoms with Gasteiger partial charge in [-0.3, -0.25) is 4.79 Å². The van der Waals surface area contributed by atoms with E-state index in [1.54, 1.807) is 37.3 Å². The number of anilines is 1. The molecule has 1 amide bonds. The first-order valence-corrected chi connectivity index (χ1v) is 10.4. The van der Waals surface area contributed by atoms with Crippen LogP contribution in [-0.2, 0) is 19.1 Å². The lowest BCUT2D eigenvalue weighted by atomic mass is 10.2. The normalized spacial score (nSPS) is 16.6. The molecule has 0 radical (unpaired) electrons.